The van der Waals surface area contributed by atoms with E-state index in [4.69, 9.17) is 13.9 Å². The van der Waals surface area contributed by atoms with Crippen LogP contribution in [0.3, 0.4) is 0 Å². The second-order valence-corrected chi connectivity index (χ2v) is 6.25. The van der Waals surface area contributed by atoms with Crippen LogP contribution in [0.15, 0.2) is 22.6 Å². The third-order valence-electron chi connectivity index (χ3n) is 4.53. The third-order valence-corrected chi connectivity index (χ3v) is 4.53. The van der Waals surface area contributed by atoms with E-state index in [1.54, 1.807) is 14.2 Å². The van der Waals surface area contributed by atoms with Crippen molar-refractivity contribution >= 4 is 0 Å². The summed E-state index contributed by atoms with van der Waals surface area (Å²) in [5.74, 6) is 2.55. The molecule has 136 valence electrons. The van der Waals surface area contributed by atoms with Gasteiger partial charge >= 0.3 is 0 Å². The lowest BCUT2D eigenvalue weighted by molar-refractivity contribution is -0.0406. The van der Waals surface area contributed by atoms with Crippen LogP contribution in [0.25, 0.3) is 11.5 Å². The minimum Gasteiger partial charge on any atom is -0.497 e. The van der Waals surface area contributed by atoms with Gasteiger partial charge in [-0.3, -0.25) is 4.90 Å². The lowest BCUT2D eigenvalue weighted by atomic mass is 10.1. The van der Waals surface area contributed by atoms with Crippen LogP contribution in [0.1, 0.15) is 17.9 Å². The Morgan fingerprint density at radius 2 is 2.04 bits per heavy atom. The van der Waals surface area contributed by atoms with Crippen molar-refractivity contribution in [3.05, 3.63) is 29.7 Å². The molecule has 0 saturated carbocycles. The van der Waals surface area contributed by atoms with E-state index in [1.165, 1.54) is 0 Å². The van der Waals surface area contributed by atoms with Gasteiger partial charge in [-0.2, -0.15) is 0 Å². The van der Waals surface area contributed by atoms with E-state index in [1.807, 2.05) is 25.1 Å². The summed E-state index contributed by atoms with van der Waals surface area (Å²) < 4.78 is 16.5. The molecule has 0 bridgehead atoms. The number of hydrogen-bond donors (Lipinski definition) is 2. The summed E-state index contributed by atoms with van der Waals surface area (Å²) in [6.45, 7) is 3.56. The van der Waals surface area contributed by atoms with E-state index < -0.39 is 12.2 Å². The maximum absolute atomic E-state index is 9.84. The fourth-order valence-corrected chi connectivity index (χ4v) is 3.01. The molecule has 7 nitrogen and oxygen atoms in total. The van der Waals surface area contributed by atoms with Gasteiger partial charge < -0.3 is 24.1 Å². The minimum atomic E-state index is -0.723. The van der Waals surface area contributed by atoms with Gasteiger partial charge in [-0.1, -0.05) is 0 Å². The molecular weight excluding hydrogens is 324 g/mol. The van der Waals surface area contributed by atoms with Crippen LogP contribution in [-0.4, -0.2) is 59.6 Å². The van der Waals surface area contributed by atoms with E-state index in [-0.39, 0.29) is 0 Å². The Morgan fingerprint density at radius 1 is 1.24 bits per heavy atom. The number of ether oxygens (including phenoxy) is 2. The highest BCUT2D eigenvalue weighted by atomic mass is 16.5. The first-order chi connectivity index (χ1) is 12.0. The predicted molar refractivity (Wildman–Crippen MR) is 91.7 cm³/mol. The molecule has 1 saturated heterocycles. The number of piperidine rings is 1. The molecule has 25 heavy (non-hydrogen) atoms. The Balaban J connectivity index is 1.83. The zero-order chi connectivity index (χ0) is 18.0. The SMILES string of the molecule is COc1ccc(OC)c(-c2nc(CN3CC[C@H](O)[C@@H](O)C3)c(C)o2)c1. The molecule has 1 fully saturated rings. The Labute approximate surface area is 146 Å². The number of oxazole rings is 1. The molecule has 1 aromatic carbocycles. The third kappa shape index (κ3) is 3.78. The molecule has 2 aromatic rings. The summed E-state index contributed by atoms with van der Waals surface area (Å²) in [4.78, 5) is 6.68. The predicted octanol–water partition coefficient (Wildman–Crippen LogP) is 1.59. The molecule has 0 aliphatic carbocycles. The molecule has 2 atom stereocenters. The molecular formula is C18H24N2O5. The van der Waals surface area contributed by atoms with Gasteiger partial charge in [0.25, 0.3) is 0 Å². The van der Waals surface area contributed by atoms with Gasteiger partial charge in [0.2, 0.25) is 5.89 Å². The number of nitrogens with zero attached hydrogens (tertiary/aromatic N) is 2. The number of β-amino-alcohol motifs (C(OH)–C–C–N with tert-alkyl or cyclic N) is 1. The summed E-state index contributed by atoms with van der Waals surface area (Å²) in [6, 6.07) is 5.46. The molecule has 0 amide bonds. The van der Waals surface area contributed by atoms with Crippen molar-refractivity contribution < 1.29 is 24.1 Å². The number of hydrogen-bond acceptors (Lipinski definition) is 7. The van der Waals surface area contributed by atoms with Gasteiger partial charge in [0.1, 0.15) is 17.3 Å². The number of aliphatic hydroxyl groups excluding tert-OH is 2. The number of rotatable bonds is 5. The Bertz CT molecular complexity index is 730. The van der Waals surface area contributed by atoms with Gasteiger partial charge in [0.15, 0.2) is 0 Å². The summed E-state index contributed by atoms with van der Waals surface area (Å²) in [7, 11) is 3.20. The second-order valence-electron chi connectivity index (χ2n) is 6.25. The zero-order valence-electron chi connectivity index (χ0n) is 14.7. The van der Waals surface area contributed by atoms with Gasteiger partial charge in [0, 0.05) is 19.6 Å². The first-order valence-electron chi connectivity index (χ1n) is 8.29. The number of methoxy groups -OCH3 is 2. The van der Waals surface area contributed by atoms with Crippen molar-refractivity contribution in [2.45, 2.75) is 32.1 Å². The van der Waals surface area contributed by atoms with E-state index in [2.05, 4.69) is 9.88 Å². The summed E-state index contributed by atoms with van der Waals surface area (Å²) in [6.07, 6.45) is -0.820. The second kappa shape index (κ2) is 7.43. The minimum absolute atomic E-state index is 0.422. The van der Waals surface area contributed by atoms with Crippen LogP contribution in [0, 0.1) is 6.92 Å². The largest absolute Gasteiger partial charge is 0.497 e. The lowest BCUT2D eigenvalue weighted by Crippen LogP contribution is -2.46. The van der Waals surface area contributed by atoms with Crippen LogP contribution in [0.4, 0.5) is 0 Å². The summed E-state index contributed by atoms with van der Waals surface area (Å²) in [5.41, 5.74) is 1.54. The van der Waals surface area contributed by atoms with Crippen molar-refractivity contribution in [3.8, 4) is 23.0 Å². The quantitative estimate of drug-likeness (QED) is 0.848. The average Bonchev–Trinajstić information content (AvgIpc) is 2.98. The molecule has 0 spiro atoms. The van der Waals surface area contributed by atoms with Gasteiger partial charge in [-0.25, -0.2) is 4.98 Å². The lowest BCUT2D eigenvalue weighted by Gasteiger charge is -2.32. The number of aliphatic hydroxyl groups is 2. The normalized spacial score (nSPS) is 21.3. The summed E-state index contributed by atoms with van der Waals surface area (Å²) in [5, 5.41) is 19.5. The van der Waals surface area contributed by atoms with Crippen LogP contribution in [-0.2, 0) is 6.54 Å². The molecule has 0 unspecified atom stereocenters. The van der Waals surface area contributed by atoms with Crippen LogP contribution in [0.5, 0.6) is 11.5 Å². The van der Waals surface area contributed by atoms with E-state index in [9.17, 15) is 10.2 Å². The first-order valence-corrected chi connectivity index (χ1v) is 8.29. The van der Waals surface area contributed by atoms with Crippen molar-refractivity contribution in [2.75, 3.05) is 27.3 Å². The van der Waals surface area contributed by atoms with Gasteiger partial charge in [-0.05, 0) is 31.5 Å². The fourth-order valence-electron chi connectivity index (χ4n) is 3.01. The van der Waals surface area contributed by atoms with Crippen molar-refractivity contribution in [3.63, 3.8) is 0 Å². The maximum atomic E-state index is 9.84. The number of aromatic nitrogens is 1. The maximum Gasteiger partial charge on any atom is 0.230 e. The molecule has 2 N–H and O–H groups in total. The smallest absolute Gasteiger partial charge is 0.230 e. The molecule has 7 heteroatoms. The summed E-state index contributed by atoms with van der Waals surface area (Å²) >= 11 is 0. The van der Waals surface area contributed by atoms with Crippen molar-refractivity contribution in [2.24, 2.45) is 0 Å². The highest BCUT2D eigenvalue weighted by molar-refractivity contribution is 5.65. The zero-order valence-corrected chi connectivity index (χ0v) is 14.7. The van der Waals surface area contributed by atoms with Crippen LogP contribution < -0.4 is 9.47 Å². The number of aryl methyl sites for hydroxylation is 1. The number of benzene rings is 1. The van der Waals surface area contributed by atoms with Crippen LogP contribution >= 0.6 is 0 Å². The van der Waals surface area contributed by atoms with E-state index in [0.29, 0.717) is 43.4 Å². The van der Waals surface area contributed by atoms with Gasteiger partial charge in [-0.15, -0.1) is 0 Å². The molecule has 1 aromatic heterocycles. The molecule has 1 aliphatic rings. The van der Waals surface area contributed by atoms with Gasteiger partial charge in [0.05, 0.1) is 37.7 Å². The molecule has 2 heterocycles. The fraction of sp³-hybridized carbons (Fsp3) is 0.500. The van der Waals surface area contributed by atoms with Crippen molar-refractivity contribution in [1.82, 2.24) is 9.88 Å². The highest BCUT2D eigenvalue weighted by Crippen LogP contribution is 2.34. The monoisotopic (exact) mass is 348 g/mol. The van der Waals surface area contributed by atoms with E-state index >= 15 is 0 Å². The Morgan fingerprint density at radius 3 is 2.72 bits per heavy atom. The molecule has 1 aliphatic heterocycles. The number of likely N-dealkylation sites (tertiary alicyclic amines) is 1. The topological polar surface area (TPSA) is 88.2 Å². The highest BCUT2D eigenvalue weighted by Gasteiger charge is 2.27. The Kier molecular flexibility index (Phi) is 5.27. The van der Waals surface area contributed by atoms with Crippen molar-refractivity contribution in [1.29, 1.82) is 0 Å². The Hall–Kier alpha value is -2.09. The van der Waals surface area contributed by atoms with Crippen LogP contribution in [0.2, 0.25) is 0 Å². The van der Waals surface area contributed by atoms with E-state index in [0.717, 1.165) is 17.0 Å². The average molecular weight is 348 g/mol. The standard InChI is InChI=1S/C18H24N2O5/c1-11-14(9-20-7-6-15(21)16(22)10-20)19-18(25-11)13-8-12(23-2)4-5-17(13)24-3/h4-5,8,15-16,21-22H,6-7,9-10H2,1-3H3/t15-,16-/m0/s1. The molecule has 0 radical (unpaired) electrons. The molecule has 3 rings (SSSR count). The first kappa shape index (κ1) is 17.7.